The van der Waals surface area contributed by atoms with Crippen LogP contribution in [0.25, 0.3) is 0 Å². The zero-order valence-corrected chi connectivity index (χ0v) is 13.0. The van der Waals surface area contributed by atoms with E-state index in [-0.39, 0.29) is 30.5 Å². The fourth-order valence-electron chi connectivity index (χ4n) is 2.33. The molecule has 0 atom stereocenters. The van der Waals surface area contributed by atoms with Crippen LogP contribution in [0.1, 0.15) is 23.2 Å². The molecule has 8 heteroatoms. The standard InChI is InChI=1S/C14H18N2O5S/c1-21-14(18)12-7-9-16(10-8-12)22(19,20)15-13(17)11-5-3-2-4-6-11/h2-6,12H,7-10H2,1H3,(H,15,17). The molecule has 120 valence electrons. The molecule has 1 heterocycles. The van der Waals surface area contributed by atoms with E-state index in [1.165, 1.54) is 23.5 Å². The Morgan fingerprint density at radius 2 is 1.77 bits per heavy atom. The first kappa shape index (κ1) is 16.4. The number of hydrogen-bond acceptors (Lipinski definition) is 5. The Balaban J connectivity index is 1.97. The molecule has 1 amide bonds. The third kappa shape index (κ3) is 3.83. The summed E-state index contributed by atoms with van der Waals surface area (Å²) < 4.78 is 32.3. The van der Waals surface area contributed by atoms with Gasteiger partial charge in [0.25, 0.3) is 5.91 Å². The van der Waals surface area contributed by atoms with Gasteiger partial charge in [0, 0.05) is 18.7 Å². The van der Waals surface area contributed by atoms with Crippen LogP contribution >= 0.6 is 0 Å². The van der Waals surface area contributed by atoms with E-state index in [2.05, 4.69) is 4.74 Å². The number of amides is 1. The first-order valence-electron chi connectivity index (χ1n) is 6.89. The Morgan fingerprint density at radius 1 is 1.18 bits per heavy atom. The topological polar surface area (TPSA) is 92.8 Å². The van der Waals surface area contributed by atoms with Crippen molar-refractivity contribution >= 4 is 22.1 Å². The molecule has 1 aromatic carbocycles. The summed E-state index contributed by atoms with van der Waals surface area (Å²) in [4.78, 5) is 23.4. The van der Waals surface area contributed by atoms with Crippen molar-refractivity contribution in [3.63, 3.8) is 0 Å². The second-order valence-electron chi connectivity index (χ2n) is 5.00. The zero-order chi connectivity index (χ0) is 16.2. The number of benzene rings is 1. The van der Waals surface area contributed by atoms with Crippen LogP contribution in [0.15, 0.2) is 30.3 Å². The Hall–Kier alpha value is -1.93. The molecule has 2 rings (SSSR count). The molecule has 0 unspecified atom stereocenters. The second kappa shape index (κ2) is 6.89. The smallest absolute Gasteiger partial charge is 0.308 e. The number of nitrogens with one attached hydrogen (secondary N) is 1. The van der Waals surface area contributed by atoms with Gasteiger partial charge in [0.05, 0.1) is 13.0 Å². The Morgan fingerprint density at radius 3 is 2.32 bits per heavy atom. The van der Waals surface area contributed by atoms with Crippen molar-refractivity contribution < 1.29 is 22.7 Å². The van der Waals surface area contributed by atoms with Gasteiger partial charge in [-0.1, -0.05) is 18.2 Å². The summed E-state index contributed by atoms with van der Waals surface area (Å²) in [7, 11) is -2.59. The fourth-order valence-corrected chi connectivity index (χ4v) is 3.50. The minimum absolute atomic E-state index is 0.178. The Bertz CT molecular complexity index is 636. The molecule has 1 aliphatic rings. The summed E-state index contributed by atoms with van der Waals surface area (Å²) in [6.45, 7) is 0.355. The number of carbonyl (C=O) groups excluding carboxylic acids is 2. The molecule has 22 heavy (non-hydrogen) atoms. The van der Waals surface area contributed by atoms with Crippen molar-refractivity contribution in [1.82, 2.24) is 9.03 Å². The molecule has 1 fully saturated rings. The first-order chi connectivity index (χ1) is 10.4. The van der Waals surface area contributed by atoms with E-state index in [1.807, 2.05) is 4.72 Å². The molecule has 1 N–H and O–H groups in total. The van der Waals surface area contributed by atoms with Gasteiger partial charge in [-0.05, 0) is 25.0 Å². The lowest BCUT2D eigenvalue weighted by Crippen LogP contribution is -2.47. The molecule has 1 saturated heterocycles. The van der Waals surface area contributed by atoms with Crippen molar-refractivity contribution in [2.24, 2.45) is 5.92 Å². The molecule has 0 saturated carbocycles. The van der Waals surface area contributed by atoms with Gasteiger partial charge >= 0.3 is 16.2 Å². The van der Waals surface area contributed by atoms with Gasteiger partial charge < -0.3 is 4.74 Å². The molecule has 0 aliphatic carbocycles. The molecule has 1 aliphatic heterocycles. The normalized spacial score (nSPS) is 17.0. The number of hydrogen-bond donors (Lipinski definition) is 1. The van der Waals surface area contributed by atoms with Crippen molar-refractivity contribution in [1.29, 1.82) is 0 Å². The summed E-state index contributed by atoms with van der Waals surface area (Å²) in [5.74, 6) is -1.29. The Kier molecular flexibility index (Phi) is 5.15. The third-order valence-electron chi connectivity index (χ3n) is 3.59. The fraction of sp³-hybridized carbons (Fsp3) is 0.429. The van der Waals surface area contributed by atoms with Crippen LogP contribution in [-0.2, 0) is 19.7 Å². The van der Waals surface area contributed by atoms with E-state index in [9.17, 15) is 18.0 Å². The molecule has 0 bridgehead atoms. The molecule has 1 aromatic rings. The van der Waals surface area contributed by atoms with Crippen LogP contribution in [0.4, 0.5) is 0 Å². The van der Waals surface area contributed by atoms with Crippen LogP contribution in [0.3, 0.4) is 0 Å². The van der Waals surface area contributed by atoms with Crippen molar-refractivity contribution in [2.75, 3.05) is 20.2 Å². The van der Waals surface area contributed by atoms with Crippen molar-refractivity contribution in [3.8, 4) is 0 Å². The summed E-state index contributed by atoms with van der Waals surface area (Å²) in [6, 6.07) is 8.12. The number of ether oxygens (including phenoxy) is 1. The van der Waals surface area contributed by atoms with Gasteiger partial charge in [-0.15, -0.1) is 0 Å². The summed E-state index contributed by atoms with van der Waals surface area (Å²) in [5.41, 5.74) is 0.274. The van der Waals surface area contributed by atoms with Gasteiger partial charge in [0.15, 0.2) is 0 Å². The highest BCUT2D eigenvalue weighted by Crippen LogP contribution is 2.20. The predicted octanol–water partition coefficient (Wildman–Crippen LogP) is 0.546. The number of esters is 1. The Labute approximate surface area is 129 Å². The van der Waals surface area contributed by atoms with Crippen molar-refractivity contribution in [2.45, 2.75) is 12.8 Å². The maximum Gasteiger partial charge on any atom is 0.308 e. The molecule has 7 nitrogen and oxygen atoms in total. The third-order valence-corrected chi connectivity index (χ3v) is 5.07. The second-order valence-corrected chi connectivity index (χ2v) is 6.67. The highest BCUT2D eigenvalue weighted by atomic mass is 32.2. The largest absolute Gasteiger partial charge is 0.469 e. The summed E-state index contributed by atoms with van der Waals surface area (Å²) in [6.07, 6.45) is 0.764. The monoisotopic (exact) mass is 326 g/mol. The molecular formula is C14H18N2O5S. The van der Waals surface area contributed by atoms with Crippen LogP contribution in [-0.4, -0.2) is 44.8 Å². The quantitative estimate of drug-likeness (QED) is 0.816. The average molecular weight is 326 g/mol. The molecule has 0 spiro atoms. The first-order valence-corrected chi connectivity index (χ1v) is 8.33. The van der Waals surface area contributed by atoms with E-state index in [4.69, 9.17) is 0 Å². The minimum Gasteiger partial charge on any atom is -0.469 e. The van der Waals surface area contributed by atoms with E-state index >= 15 is 0 Å². The minimum atomic E-state index is -3.90. The van der Waals surface area contributed by atoms with E-state index in [0.29, 0.717) is 12.8 Å². The molecule has 0 aromatic heterocycles. The lowest BCUT2D eigenvalue weighted by atomic mass is 9.99. The number of rotatable bonds is 4. The summed E-state index contributed by atoms with van der Waals surface area (Å²) >= 11 is 0. The van der Waals surface area contributed by atoms with E-state index in [0.717, 1.165) is 0 Å². The number of methoxy groups -OCH3 is 1. The highest BCUT2D eigenvalue weighted by molar-refractivity contribution is 7.87. The van der Waals surface area contributed by atoms with Crippen molar-refractivity contribution in [3.05, 3.63) is 35.9 Å². The van der Waals surface area contributed by atoms with Crippen LogP contribution < -0.4 is 4.72 Å². The highest BCUT2D eigenvalue weighted by Gasteiger charge is 2.32. The van der Waals surface area contributed by atoms with Crippen LogP contribution in [0.5, 0.6) is 0 Å². The van der Waals surface area contributed by atoms with Gasteiger partial charge in [-0.25, -0.2) is 4.72 Å². The number of nitrogens with zero attached hydrogens (tertiary/aromatic N) is 1. The maximum absolute atomic E-state index is 12.2. The van der Waals surface area contributed by atoms with Crippen LogP contribution in [0, 0.1) is 5.92 Å². The van der Waals surface area contributed by atoms with Gasteiger partial charge in [0.2, 0.25) is 0 Å². The molecular weight excluding hydrogens is 308 g/mol. The molecule has 0 radical (unpaired) electrons. The summed E-state index contributed by atoms with van der Waals surface area (Å²) in [5, 5.41) is 0. The van der Waals surface area contributed by atoms with E-state index < -0.39 is 16.1 Å². The SMILES string of the molecule is COC(=O)C1CCN(S(=O)(=O)NC(=O)c2ccccc2)CC1. The average Bonchev–Trinajstić information content (AvgIpc) is 2.54. The van der Waals surface area contributed by atoms with Crippen LogP contribution in [0.2, 0.25) is 0 Å². The number of piperidine rings is 1. The maximum atomic E-state index is 12.2. The van der Waals surface area contributed by atoms with Gasteiger partial charge in [-0.2, -0.15) is 12.7 Å². The number of carbonyl (C=O) groups is 2. The van der Waals surface area contributed by atoms with Gasteiger partial charge in [0.1, 0.15) is 0 Å². The predicted molar refractivity (Wildman–Crippen MR) is 79.1 cm³/mol. The van der Waals surface area contributed by atoms with E-state index in [1.54, 1.807) is 18.2 Å². The van der Waals surface area contributed by atoms with Gasteiger partial charge in [-0.3, -0.25) is 9.59 Å². The lowest BCUT2D eigenvalue weighted by molar-refractivity contribution is -0.146. The lowest BCUT2D eigenvalue weighted by Gasteiger charge is -2.29. The zero-order valence-electron chi connectivity index (χ0n) is 12.2.